The molecule has 0 aromatic heterocycles. The third-order valence-electron chi connectivity index (χ3n) is 4.10. The molecular formula is C21H25N3O7S2. The Hall–Kier alpha value is -3.19. The Morgan fingerprint density at radius 1 is 0.879 bits per heavy atom. The van der Waals surface area contributed by atoms with Crippen molar-refractivity contribution >= 4 is 49.7 Å². The highest BCUT2D eigenvalue weighted by Crippen LogP contribution is 2.26. The van der Waals surface area contributed by atoms with Crippen LogP contribution in [0.3, 0.4) is 0 Å². The van der Waals surface area contributed by atoms with Crippen LogP contribution in [0.4, 0.5) is 11.4 Å². The molecule has 0 aliphatic rings. The lowest BCUT2D eigenvalue weighted by molar-refractivity contribution is -0.114. The SMILES string of the molecule is C=C(Nc1ccc(/C=C/c2ccc(NC(C)=O)cc2S(=O)(=O)O)c(S(=O)(=O)O)c1)NC(C)C. The number of amides is 1. The third kappa shape index (κ3) is 7.71. The van der Waals surface area contributed by atoms with E-state index in [1.807, 2.05) is 13.8 Å². The summed E-state index contributed by atoms with van der Waals surface area (Å²) in [5.74, 6) is -0.0102. The van der Waals surface area contributed by atoms with E-state index in [4.69, 9.17) is 0 Å². The van der Waals surface area contributed by atoms with E-state index in [-0.39, 0.29) is 22.9 Å². The highest BCUT2D eigenvalue weighted by atomic mass is 32.2. The fourth-order valence-corrected chi connectivity index (χ4v) is 4.31. The number of benzene rings is 2. The minimum absolute atomic E-state index is 0.0320. The van der Waals surface area contributed by atoms with Crippen molar-refractivity contribution < 1.29 is 30.7 Å². The number of carbonyl (C=O) groups excluding carboxylic acids is 1. The van der Waals surface area contributed by atoms with Gasteiger partial charge in [0.1, 0.15) is 9.79 Å². The molecule has 0 saturated carbocycles. The monoisotopic (exact) mass is 495 g/mol. The normalized spacial score (nSPS) is 12.1. The van der Waals surface area contributed by atoms with Crippen molar-refractivity contribution in [2.24, 2.45) is 0 Å². The molecule has 10 nitrogen and oxygen atoms in total. The maximum absolute atomic E-state index is 11.9. The average Bonchev–Trinajstić information content (AvgIpc) is 2.65. The first-order valence-corrected chi connectivity index (χ1v) is 12.5. The molecule has 0 saturated heterocycles. The predicted octanol–water partition coefficient (Wildman–Crippen LogP) is 3.19. The summed E-state index contributed by atoms with van der Waals surface area (Å²) < 4.78 is 66.7. The number of carbonyl (C=O) groups is 1. The van der Waals surface area contributed by atoms with Gasteiger partial charge in [-0.3, -0.25) is 13.9 Å². The van der Waals surface area contributed by atoms with E-state index >= 15 is 0 Å². The van der Waals surface area contributed by atoms with Gasteiger partial charge in [0.05, 0.1) is 5.82 Å². The molecule has 0 bridgehead atoms. The molecule has 5 N–H and O–H groups in total. The van der Waals surface area contributed by atoms with Gasteiger partial charge in [0.25, 0.3) is 20.2 Å². The molecule has 0 radical (unpaired) electrons. The number of hydrogen-bond acceptors (Lipinski definition) is 7. The van der Waals surface area contributed by atoms with Gasteiger partial charge in [-0.05, 0) is 49.2 Å². The second kappa shape index (κ2) is 10.2. The molecule has 0 unspecified atom stereocenters. The van der Waals surface area contributed by atoms with Gasteiger partial charge in [-0.2, -0.15) is 16.8 Å². The zero-order chi connectivity index (χ0) is 25.0. The van der Waals surface area contributed by atoms with Crippen molar-refractivity contribution in [2.75, 3.05) is 10.6 Å². The van der Waals surface area contributed by atoms with E-state index in [2.05, 4.69) is 22.5 Å². The van der Waals surface area contributed by atoms with E-state index in [0.717, 1.165) is 6.07 Å². The third-order valence-corrected chi connectivity index (χ3v) is 5.92. The molecule has 0 aliphatic heterocycles. The number of nitrogens with one attached hydrogen (secondary N) is 3. The quantitative estimate of drug-likeness (QED) is 0.260. The number of rotatable bonds is 9. The second-order valence-corrected chi connectivity index (χ2v) is 10.2. The van der Waals surface area contributed by atoms with E-state index in [9.17, 15) is 30.7 Å². The summed E-state index contributed by atoms with van der Waals surface area (Å²) >= 11 is 0. The maximum atomic E-state index is 11.9. The maximum Gasteiger partial charge on any atom is 0.295 e. The summed E-state index contributed by atoms with van der Waals surface area (Å²) in [6.45, 7) is 8.82. The van der Waals surface area contributed by atoms with Crippen molar-refractivity contribution in [1.82, 2.24) is 5.32 Å². The van der Waals surface area contributed by atoms with Crippen molar-refractivity contribution in [3.63, 3.8) is 0 Å². The van der Waals surface area contributed by atoms with Crippen LogP contribution in [0.1, 0.15) is 31.9 Å². The summed E-state index contributed by atoms with van der Waals surface area (Å²) in [4.78, 5) is 10.3. The smallest absolute Gasteiger partial charge is 0.295 e. The predicted molar refractivity (Wildman–Crippen MR) is 127 cm³/mol. The Labute approximate surface area is 192 Å². The summed E-state index contributed by atoms with van der Waals surface area (Å²) in [6.07, 6.45) is 2.53. The van der Waals surface area contributed by atoms with Crippen molar-refractivity contribution in [3.8, 4) is 0 Å². The van der Waals surface area contributed by atoms with Crippen molar-refractivity contribution in [1.29, 1.82) is 0 Å². The van der Waals surface area contributed by atoms with Crippen LogP contribution in [0.5, 0.6) is 0 Å². The Morgan fingerprint density at radius 2 is 1.30 bits per heavy atom. The molecule has 178 valence electrons. The summed E-state index contributed by atoms with van der Waals surface area (Å²) in [5.41, 5.74) is 0.593. The van der Waals surface area contributed by atoms with Gasteiger partial charge in [-0.25, -0.2) is 0 Å². The highest BCUT2D eigenvalue weighted by molar-refractivity contribution is 7.86. The summed E-state index contributed by atoms with van der Waals surface area (Å²) in [7, 11) is -9.30. The van der Waals surface area contributed by atoms with Gasteiger partial charge >= 0.3 is 0 Å². The lowest BCUT2D eigenvalue weighted by Crippen LogP contribution is -2.25. The highest BCUT2D eigenvalue weighted by Gasteiger charge is 2.18. The van der Waals surface area contributed by atoms with Gasteiger partial charge in [0, 0.05) is 24.3 Å². The lowest BCUT2D eigenvalue weighted by Gasteiger charge is -2.16. The van der Waals surface area contributed by atoms with Crippen LogP contribution >= 0.6 is 0 Å². The average molecular weight is 496 g/mol. The van der Waals surface area contributed by atoms with Crippen LogP contribution in [-0.2, 0) is 25.0 Å². The van der Waals surface area contributed by atoms with Crippen molar-refractivity contribution in [3.05, 3.63) is 59.9 Å². The molecule has 0 spiro atoms. The molecule has 0 heterocycles. The molecule has 12 heteroatoms. The standard InChI is InChI=1S/C21H25N3O7S2/c1-13(2)22-14(3)23-18-9-7-16(20(11-18)32(26,27)28)5-6-17-8-10-19(24-15(4)25)12-21(17)33(29,30)31/h5-13,22-23H,3H2,1-2,4H3,(H,24,25)(H,26,27,28)(H,29,30,31)/b6-5+. The first-order chi connectivity index (χ1) is 15.2. The van der Waals surface area contributed by atoms with E-state index in [0.29, 0.717) is 11.5 Å². The molecule has 0 aliphatic carbocycles. The van der Waals surface area contributed by atoms with Gasteiger partial charge in [0.15, 0.2) is 0 Å². The molecule has 0 fully saturated rings. The molecule has 2 aromatic rings. The molecule has 2 rings (SSSR count). The molecule has 0 atom stereocenters. The van der Waals surface area contributed by atoms with Gasteiger partial charge in [-0.1, -0.05) is 30.9 Å². The van der Waals surface area contributed by atoms with Crippen LogP contribution in [-0.4, -0.2) is 37.9 Å². The van der Waals surface area contributed by atoms with Gasteiger partial charge < -0.3 is 16.0 Å². The topological polar surface area (TPSA) is 162 Å². The molecule has 33 heavy (non-hydrogen) atoms. The van der Waals surface area contributed by atoms with Crippen LogP contribution < -0.4 is 16.0 Å². The summed E-state index contributed by atoms with van der Waals surface area (Å²) in [5, 5.41) is 8.31. The van der Waals surface area contributed by atoms with Crippen LogP contribution in [0.15, 0.2) is 58.6 Å². The molecule has 1 amide bonds. The van der Waals surface area contributed by atoms with Gasteiger partial charge in [0.2, 0.25) is 5.91 Å². The Kier molecular flexibility index (Phi) is 8.03. The van der Waals surface area contributed by atoms with Crippen LogP contribution in [0, 0.1) is 0 Å². The van der Waals surface area contributed by atoms with Crippen LogP contribution in [0.2, 0.25) is 0 Å². The Morgan fingerprint density at radius 3 is 1.67 bits per heavy atom. The zero-order valence-corrected chi connectivity index (χ0v) is 19.8. The first-order valence-electron chi connectivity index (χ1n) is 9.58. The van der Waals surface area contributed by atoms with Gasteiger partial charge in [-0.15, -0.1) is 0 Å². The molecular weight excluding hydrogens is 470 g/mol. The fraction of sp³-hybridized carbons (Fsp3) is 0.190. The fourth-order valence-electron chi connectivity index (χ4n) is 2.89. The lowest BCUT2D eigenvalue weighted by atomic mass is 10.1. The minimum Gasteiger partial charge on any atom is -0.370 e. The summed E-state index contributed by atoms with van der Waals surface area (Å²) in [6, 6.07) is 8.05. The number of hydrogen-bond donors (Lipinski definition) is 5. The number of anilines is 2. The second-order valence-electron chi connectivity index (χ2n) is 7.37. The molecule has 2 aromatic carbocycles. The van der Waals surface area contributed by atoms with Crippen LogP contribution in [0.25, 0.3) is 12.2 Å². The Balaban J connectivity index is 2.48. The van der Waals surface area contributed by atoms with E-state index in [1.165, 1.54) is 43.3 Å². The van der Waals surface area contributed by atoms with Crippen molar-refractivity contribution in [2.45, 2.75) is 36.6 Å². The van der Waals surface area contributed by atoms with E-state index < -0.39 is 35.9 Å². The first kappa shape index (κ1) is 26.1. The van der Waals surface area contributed by atoms with E-state index in [1.54, 1.807) is 6.07 Å². The Bertz CT molecular complexity index is 1320. The minimum atomic E-state index is -4.66. The largest absolute Gasteiger partial charge is 0.370 e. The zero-order valence-electron chi connectivity index (χ0n) is 18.2.